The van der Waals surface area contributed by atoms with E-state index in [1.807, 2.05) is 31.2 Å². The second-order valence-electron chi connectivity index (χ2n) is 11.3. The van der Waals surface area contributed by atoms with Gasteiger partial charge in [-0.15, -0.1) is 10.2 Å². The third-order valence-electron chi connectivity index (χ3n) is 8.12. The van der Waals surface area contributed by atoms with E-state index < -0.39 is 0 Å². The zero-order valence-electron chi connectivity index (χ0n) is 23.6. The SMILES string of the molecule is CCn1c(SCC(=O)N(C2CCCCC2)C2CCCCC2)nnc1[C@H](NC(=O)c1cccc(C)c1)C(C)C. The van der Waals surface area contributed by atoms with Crippen molar-refractivity contribution in [2.24, 2.45) is 5.92 Å². The largest absolute Gasteiger partial charge is 0.342 e. The summed E-state index contributed by atoms with van der Waals surface area (Å²) in [7, 11) is 0. The van der Waals surface area contributed by atoms with Crippen molar-refractivity contribution in [1.82, 2.24) is 25.0 Å². The molecule has 2 aliphatic rings. The van der Waals surface area contributed by atoms with Crippen LogP contribution in [0, 0.1) is 12.8 Å². The van der Waals surface area contributed by atoms with Crippen LogP contribution in [0.15, 0.2) is 29.4 Å². The minimum Gasteiger partial charge on any atom is -0.342 e. The molecule has 38 heavy (non-hydrogen) atoms. The van der Waals surface area contributed by atoms with Crippen LogP contribution in [-0.4, -0.2) is 49.3 Å². The van der Waals surface area contributed by atoms with Crippen molar-refractivity contribution in [3.05, 3.63) is 41.2 Å². The second kappa shape index (κ2) is 13.6. The Kier molecular flexibility index (Phi) is 10.3. The fourth-order valence-electron chi connectivity index (χ4n) is 6.10. The number of thioether (sulfide) groups is 1. The van der Waals surface area contributed by atoms with E-state index in [1.54, 1.807) is 0 Å². The van der Waals surface area contributed by atoms with Crippen LogP contribution in [0.4, 0.5) is 0 Å². The first-order chi connectivity index (χ1) is 18.4. The summed E-state index contributed by atoms with van der Waals surface area (Å²) in [6.07, 6.45) is 12.0. The molecular weight excluding hydrogens is 494 g/mol. The Morgan fingerprint density at radius 1 is 1.03 bits per heavy atom. The van der Waals surface area contributed by atoms with Gasteiger partial charge in [0.15, 0.2) is 11.0 Å². The van der Waals surface area contributed by atoms with Crippen molar-refractivity contribution in [1.29, 1.82) is 0 Å². The summed E-state index contributed by atoms with van der Waals surface area (Å²) in [5.41, 5.74) is 1.69. The molecule has 2 aromatic rings. The molecule has 0 spiro atoms. The fourth-order valence-corrected chi connectivity index (χ4v) is 6.98. The summed E-state index contributed by atoms with van der Waals surface area (Å²) in [4.78, 5) is 29.0. The summed E-state index contributed by atoms with van der Waals surface area (Å²) in [5, 5.41) is 13.0. The van der Waals surface area contributed by atoms with E-state index in [1.165, 1.54) is 50.3 Å². The molecule has 2 saturated carbocycles. The van der Waals surface area contributed by atoms with Crippen molar-refractivity contribution in [2.45, 2.75) is 122 Å². The lowest BCUT2D eigenvalue weighted by molar-refractivity contribution is -0.135. The molecule has 1 atom stereocenters. The summed E-state index contributed by atoms with van der Waals surface area (Å²) in [6.45, 7) is 8.89. The smallest absolute Gasteiger partial charge is 0.251 e. The molecule has 0 aliphatic heterocycles. The maximum Gasteiger partial charge on any atom is 0.251 e. The van der Waals surface area contributed by atoms with Crippen LogP contribution < -0.4 is 5.32 Å². The second-order valence-corrected chi connectivity index (χ2v) is 12.3. The van der Waals surface area contributed by atoms with E-state index >= 15 is 0 Å². The minimum atomic E-state index is -0.276. The van der Waals surface area contributed by atoms with Crippen LogP contribution >= 0.6 is 11.8 Å². The number of carbonyl (C=O) groups excluding carboxylic acids is 2. The van der Waals surface area contributed by atoms with Crippen LogP contribution in [0.3, 0.4) is 0 Å². The number of nitrogens with one attached hydrogen (secondary N) is 1. The summed E-state index contributed by atoms with van der Waals surface area (Å²) >= 11 is 1.49. The number of benzene rings is 1. The number of aromatic nitrogens is 3. The highest BCUT2D eigenvalue weighted by molar-refractivity contribution is 7.99. The molecule has 0 radical (unpaired) electrons. The first-order valence-electron chi connectivity index (χ1n) is 14.6. The molecule has 2 fully saturated rings. The highest BCUT2D eigenvalue weighted by Crippen LogP contribution is 2.32. The quantitative estimate of drug-likeness (QED) is 0.357. The topological polar surface area (TPSA) is 80.1 Å². The molecule has 1 N–H and O–H groups in total. The van der Waals surface area contributed by atoms with Gasteiger partial charge in [-0.2, -0.15) is 0 Å². The summed E-state index contributed by atoms with van der Waals surface area (Å²) in [5.74, 6) is 1.39. The molecule has 208 valence electrons. The average molecular weight is 540 g/mol. The Bertz CT molecular complexity index is 1050. The van der Waals surface area contributed by atoms with E-state index in [0.717, 1.165) is 42.2 Å². The van der Waals surface area contributed by atoms with Gasteiger partial charge in [-0.25, -0.2) is 0 Å². The van der Waals surface area contributed by atoms with Crippen molar-refractivity contribution in [3.8, 4) is 0 Å². The van der Waals surface area contributed by atoms with E-state index in [4.69, 9.17) is 0 Å². The zero-order chi connectivity index (χ0) is 27.1. The molecule has 2 amide bonds. The Morgan fingerprint density at radius 3 is 2.21 bits per heavy atom. The van der Waals surface area contributed by atoms with Crippen molar-refractivity contribution in [2.75, 3.05) is 5.75 Å². The number of aryl methyl sites for hydroxylation is 1. The molecule has 7 nitrogen and oxygen atoms in total. The Hall–Kier alpha value is -2.35. The predicted molar refractivity (Wildman–Crippen MR) is 153 cm³/mol. The molecule has 4 rings (SSSR count). The van der Waals surface area contributed by atoms with Crippen molar-refractivity contribution in [3.63, 3.8) is 0 Å². The molecule has 0 saturated heterocycles. The van der Waals surface area contributed by atoms with Crippen molar-refractivity contribution < 1.29 is 9.59 Å². The summed E-state index contributed by atoms with van der Waals surface area (Å²) in [6, 6.07) is 8.12. The van der Waals surface area contributed by atoms with Gasteiger partial charge in [0, 0.05) is 24.2 Å². The number of nitrogens with zero attached hydrogens (tertiary/aromatic N) is 4. The number of hydrogen-bond acceptors (Lipinski definition) is 5. The summed E-state index contributed by atoms with van der Waals surface area (Å²) < 4.78 is 2.06. The van der Waals surface area contributed by atoms with Gasteiger partial charge in [0.2, 0.25) is 5.91 Å². The van der Waals surface area contributed by atoms with Gasteiger partial charge in [-0.05, 0) is 57.6 Å². The number of rotatable bonds is 10. The zero-order valence-corrected chi connectivity index (χ0v) is 24.4. The van der Waals surface area contributed by atoms with Gasteiger partial charge in [0.1, 0.15) is 0 Å². The molecule has 1 aromatic carbocycles. The molecule has 0 unspecified atom stereocenters. The van der Waals surface area contributed by atoms with Crippen LogP contribution in [-0.2, 0) is 11.3 Å². The van der Waals surface area contributed by atoms with E-state index in [9.17, 15) is 9.59 Å². The first kappa shape index (κ1) is 28.7. The number of hydrogen-bond donors (Lipinski definition) is 1. The Morgan fingerprint density at radius 2 is 1.66 bits per heavy atom. The Labute approximate surface area is 232 Å². The lowest BCUT2D eigenvalue weighted by Gasteiger charge is -2.41. The Balaban J connectivity index is 1.48. The van der Waals surface area contributed by atoms with E-state index in [2.05, 4.69) is 45.8 Å². The first-order valence-corrected chi connectivity index (χ1v) is 15.6. The van der Waals surface area contributed by atoms with Gasteiger partial charge in [-0.3, -0.25) is 9.59 Å². The third-order valence-corrected chi connectivity index (χ3v) is 9.07. The predicted octanol–water partition coefficient (Wildman–Crippen LogP) is 6.32. The standard InChI is InChI=1S/C30H45N5O2S/c1-5-34-28(27(21(2)3)31-29(37)23-14-12-13-22(4)19-23)32-33-30(34)38-20-26(36)35(24-15-8-6-9-16-24)25-17-10-7-11-18-25/h12-14,19,21,24-25,27H,5-11,15-18,20H2,1-4H3,(H,31,37)/t27-/m1/s1. The highest BCUT2D eigenvalue weighted by Gasteiger charge is 2.33. The van der Waals surface area contributed by atoms with Crippen LogP contribution in [0.1, 0.15) is 113 Å². The third kappa shape index (κ3) is 6.99. The van der Waals surface area contributed by atoms with Crippen LogP contribution in [0.2, 0.25) is 0 Å². The van der Waals surface area contributed by atoms with Gasteiger partial charge < -0.3 is 14.8 Å². The molecule has 0 bridgehead atoms. The normalized spacial score (nSPS) is 17.9. The number of carbonyl (C=O) groups is 2. The molecular formula is C30H45N5O2S. The fraction of sp³-hybridized carbons (Fsp3) is 0.667. The average Bonchev–Trinajstić information content (AvgIpc) is 3.34. The van der Waals surface area contributed by atoms with Gasteiger partial charge >= 0.3 is 0 Å². The van der Waals surface area contributed by atoms with Gasteiger partial charge in [0.05, 0.1) is 11.8 Å². The van der Waals surface area contributed by atoms with Gasteiger partial charge in [0.25, 0.3) is 5.91 Å². The highest BCUT2D eigenvalue weighted by atomic mass is 32.2. The lowest BCUT2D eigenvalue weighted by atomic mass is 9.88. The van der Waals surface area contributed by atoms with E-state index in [0.29, 0.717) is 29.9 Å². The molecule has 1 heterocycles. The van der Waals surface area contributed by atoms with Crippen LogP contribution in [0.25, 0.3) is 0 Å². The molecule has 2 aliphatic carbocycles. The molecule has 1 aromatic heterocycles. The van der Waals surface area contributed by atoms with E-state index in [-0.39, 0.29) is 23.8 Å². The minimum absolute atomic E-state index is 0.113. The molecule has 8 heteroatoms. The number of amides is 2. The monoisotopic (exact) mass is 539 g/mol. The lowest BCUT2D eigenvalue weighted by Crippen LogP contribution is -2.49. The maximum absolute atomic E-state index is 13.7. The van der Waals surface area contributed by atoms with Crippen LogP contribution in [0.5, 0.6) is 0 Å². The van der Waals surface area contributed by atoms with Crippen molar-refractivity contribution >= 4 is 23.6 Å². The van der Waals surface area contributed by atoms with Gasteiger partial charge in [-0.1, -0.05) is 81.8 Å². The maximum atomic E-state index is 13.7.